The topological polar surface area (TPSA) is 144 Å². The van der Waals surface area contributed by atoms with Gasteiger partial charge in [0, 0.05) is 19.4 Å². The Balaban J connectivity index is 2.17. The lowest BCUT2D eigenvalue weighted by Gasteiger charge is -2.35. The molecule has 0 aliphatic heterocycles. The molecule has 0 bridgehead atoms. The quantitative estimate of drug-likeness (QED) is 0.173. The number of aliphatic hydroxyl groups excluding tert-OH is 1. The summed E-state index contributed by atoms with van der Waals surface area (Å²) in [6.45, 7) is 6.21. The van der Waals surface area contributed by atoms with Crippen molar-refractivity contribution >= 4 is 26.7 Å². The van der Waals surface area contributed by atoms with Gasteiger partial charge in [0.05, 0.1) is 12.7 Å². The van der Waals surface area contributed by atoms with E-state index in [-0.39, 0.29) is 17.5 Å². The van der Waals surface area contributed by atoms with Crippen LogP contribution in [0, 0.1) is 4.77 Å². The van der Waals surface area contributed by atoms with E-state index < -0.39 is 44.0 Å². The molecule has 4 N–H and O–H groups in total. The SMILES string of the molecule is COC(COP(NC(C)C(=O)OC(C)C)Oc1ccccc1)[C@H](O)C(C)(O)n1ccc(=O)[nH]c1=S. The van der Waals surface area contributed by atoms with Crippen LogP contribution < -0.4 is 15.2 Å². The van der Waals surface area contributed by atoms with E-state index in [2.05, 4.69) is 10.1 Å². The van der Waals surface area contributed by atoms with Crippen LogP contribution in [-0.2, 0) is 24.5 Å². The number of aromatic amines is 1. The Hall–Kier alpha value is -2.18. The number of hydrogen-bond acceptors (Lipinski definition) is 10. The van der Waals surface area contributed by atoms with E-state index >= 15 is 0 Å². The summed E-state index contributed by atoms with van der Waals surface area (Å²) in [5.41, 5.74) is -2.39. The Labute approximate surface area is 210 Å². The third-order valence-electron chi connectivity index (χ3n) is 4.82. The van der Waals surface area contributed by atoms with Crippen molar-refractivity contribution in [3.63, 3.8) is 0 Å². The molecule has 2 aromatic rings. The van der Waals surface area contributed by atoms with E-state index in [1.165, 1.54) is 26.3 Å². The van der Waals surface area contributed by atoms with Gasteiger partial charge in [-0.3, -0.25) is 19.1 Å². The zero-order valence-corrected chi connectivity index (χ0v) is 21.9. The summed E-state index contributed by atoms with van der Waals surface area (Å²) < 4.78 is 23.4. The number of nitrogens with zero attached hydrogens (tertiary/aromatic N) is 1. The fraction of sp³-hybridized carbons (Fsp3) is 0.500. The maximum Gasteiger partial charge on any atom is 0.323 e. The van der Waals surface area contributed by atoms with Gasteiger partial charge in [-0.05, 0) is 52.0 Å². The third kappa shape index (κ3) is 8.46. The first-order valence-corrected chi connectivity index (χ1v) is 12.4. The molecule has 4 unspecified atom stereocenters. The second-order valence-electron chi connectivity index (χ2n) is 8.09. The number of hydrogen-bond donors (Lipinski definition) is 4. The first-order valence-electron chi connectivity index (χ1n) is 10.8. The zero-order valence-electron chi connectivity index (χ0n) is 20.2. The lowest BCUT2D eigenvalue weighted by molar-refractivity contribution is -0.175. The van der Waals surface area contributed by atoms with Crippen LogP contribution in [0.1, 0.15) is 27.7 Å². The lowest BCUT2D eigenvalue weighted by atomic mass is 10.0. The van der Waals surface area contributed by atoms with Gasteiger partial charge in [0.1, 0.15) is 24.0 Å². The van der Waals surface area contributed by atoms with E-state index in [1.54, 1.807) is 45.0 Å². The van der Waals surface area contributed by atoms with Crippen LogP contribution in [0.2, 0.25) is 0 Å². The maximum atomic E-state index is 12.3. The van der Waals surface area contributed by atoms with Gasteiger partial charge in [-0.25, -0.2) is 5.09 Å². The Morgan fingerprint density at radius 2 is 1.91 bits per heavy atom. The second kappa shape index (κ2) is 13.2. The fourth-order valence-corrected chi connectivity index (χ4v) is 4.45. The normalized spacial score (nSPS) is 16.7. The molecule has 1 aromatic carbocycles. The number of rotatable bonds is 13. The molecule has 0 spiro atoms. The van der Waals surface area contributed by atoms with E-state index in [4.69, 9.17) is 30.7 Å². The molecule has 2 rings (SSSR count). The number of methoxy groups -OCH3 is 1. The van der Waals surface area contributed by atoms with Crippen LogP contribution in [0.3, 0.4) is 0 Å². The third-order valence-corrected chi connectivity index (χ3v) is 6.48. The Morgan fingerprint density at radius 3 is 2.49 bits per heavy atom. The molecule has 0 saturated heterocycles. The standard InChI is InChI=1S/C22H32N3O8PS/c1-14(2)32-20(28)15(3)24-34(33-16-9-7-6-8-10-16)31-13-17(30-5)19(27)22(4,29)25-12-11-18(26)23-21(25)35/h6-12,14-15,17,19,24,27,29H,13H2,1-5H3,(H,23,26,35)/t15?,17?,19-,22?,34?/m0/s1. The molecule has 0 fully saturated rings. The van der Waals surface area contributed by atoms with Crippen molar-refractivity contribution in [3.8, 4) is 5.75 Å². The van der Waals surface area contributed by atoms with Crippen molar-refractivity contribution in [1.29, 1.82) is 0 Å². The minimum absolute atomic E-state index is 0.0776. The lowest BCUT2D eigenvalue weighted by Crippen LogP contribution is -2.51. The average molecular weight is 530 g/mol. The van der Waals surface area contributed by atoms with Crippen LogP contribution in [0.25, 0.3) is 0 Å². The predicted octanol–water partition coefficient (Wildman–Crippen LogP) is 2.20. The van der Waals surface area contributed by atoms with Crippen LogP contribution in [0.4, 0.5) is 0 Å². The van der Waals surface area contributed by atoms with Gasteiger partial charge in [0.2, 0.25) is 0 Å². The van der Waals surface area contributed by atoms with Crippen LogP contribution in [0.5, 0.6) is 5.75 Å². The summed E-state index contributed by atoms with van der Waals surface area (Å²) in [6, 6.07) is 9.27. The fourth-order valence-electron chi connectivity index (χ4n) is 2.91. The monoisotopic (exact) mass is 529 g/mol. The molecule has 0 saturated carbocycles. The van der Waals surface area contributed by atoms with Gasteiger partial charge in [-0.15, -0.1) is 0 Å². The molecule has 35 heavy (non-hydrogen) atoms. The molecule has 0 radical (unpaired) electrons. The summed E-state index contributed by atoms with van der Waals surface area (Å²) in [7, 11) is -0.553. The van der Waals surface area contributed by atoms with Crippen LogP contribution in [0.15, 0.2) is 47.4 Å². The van der Waals surface area contributed by atoms with Gasteiger partial charge in [-0.2, -0.15) is 0 Å². The Kier molecular flexibility index (Phi) is 11.0. The van der Waals surface area contributed by atoms with Crippen molar-refractivity contribution in [2.75, 3.05) is 13.7 Å². The van der Waals surface area contributed by atoms with E-state index in [9.17, 15) is 19.8 Å². The number of aromatic nitrogens is 2. The first-order chi connectivity index (χ1) is 16.4. The van der Waals surface area contributed by atoms with Crippen LogP contribution >= 0.6 is 20.7 Å². The molecule has 5 atom stereocenters. The summed E-state index contributed by atoms with van der Waals surface area (Å²) in [5.74, 6) is 0.0167. The van der Waals surface area contributed by atoms with E-state index in [1.807, 2.05) is 6.07 Å². The number of carbonyl (C=O) groups is 1. The highest BCUT2D eigenvalue weighted by Gasteiger charge is 2.39. The minimum Gasteiger partial charge on any atom is -0.462 e. The predicted molar refractivity (Wildman–Crippen MR) is 132 cm³/mol. The highest BCUT2D eigenvalue weighted by molar-refractivity contribution is 7.71. The van der Waals surface area contributed by atoms with Gasteiger partial charge in [0.15, 0.2) is 10.5 Å². The van der Waals surface area contributed by atoms with Gasteiger partial charge in [0.25, 0.3) is 5.56 Å². The van der Waals surface area contributed by atoms with E-state index in [0.717, 1.165) is 4.57 Å². The van der Waals surface area contributed by atoms with Crippen molar-refractivity contribution in [3.05, 3.63) is 57.7 Å². The Morgan fingerprint density at radius 1 is 1.26 bits per heavy atom. The number of para-hydroxylation sites is 1. The molecule has 0 aliphatic rings. The van der Waals surface area contributed by atoms with Crippen molar-refractivity contribution in [2.24, 2.45) is 0 Å². The van der Waals surface area contributed by atoms with Gasteiger partial charge >= 0.3 is 14.5 Å². The summed E-state index contributed by atoms with van der Waals surface area (Å²) >= 11 is 5.10. The van der Waals surface area contributed by atoms with Crippen LogP contribution in [-0.4, -0.2) is 63.8 Å². The molecule has 194 valence electrons. The number of benzene rings is 1. The molecule has 1 aromatic heterocycles. The minimum atomic E-state index is -1.95. The van der Waals surface area contributed by atoms with Crippen molar-refractivity contribution in [1.82, 2.24) is 14.6 Å². The number of nitrogens with one attached hydrogen (secondary N) is 2. The molecular weight excluding hydrogens is 497 g/mol. The number of H-pyrrole nitrogens is 1. The smallest absolute Gasteiger partial charge is 0.323 e. The number of ether oxygens (including phenoxy) is 2. The van der Waals surface area contributed by atoms with E-state index in [0.29, 0.717) is 5.75 Å². The molecule has 13 heteroatoms. The average Bonchev–Trinajstić information content (AvgIpc) is 2.79. The van der Waals surface area contributed by atoms with Gasteiger partial charge < -0.3 is 28.7 Å². The second-order valence-corrected chi connectivity index (χ2v) is 9.69. The molecular formula is C22H32N3O8PS. The molecule has 0 aliphatic carbocycles. The molecule has 1 heterocycles. The number of carbonyl (C=O) groups excluding carboxylic acids is 1. The zero-order chi connectivity index (χ0) is 26.2. The number of aliphatic hydroxyl groups is 2. The highest BCUT2D eigenvalue weighted by atomic mass is 32.1. The summed E-state index contributed by atoms with van der Waals surface area (Å²) in [6.07, 6.45) is -1.58. The highest BCUT2D eigenvalue weighted by Crippen LogP contribution is 2.37. The summed E-state index contributed by atoms with van der Waals surface area (Å²) in [5, 5.41) is 24.9. The number of esters is 1. The largest absolute Gasteiger partial charge is 0.462 e. The Bertz CT molecular complexity index is 1060. The van der Waals surface area contributed by atoms with Crippen molar-refractivity contribution in [2.45, 2.75) is 57.8 Å². The van der Waals surface area contributed by atoms with Gasteiger partial charge in [-0.1, -0.05) is 18.2 Å². The van der Waals surface area contributed by atoms with Crippen molar-refractivity contribution < 1.29 is 33.5 Å². The maximum absolute atomic E-state index is 12.3. The molecule has 0 amide bonds. The first kappa shape index (κ1) is 29.1. The summed E-state index contributed by atoms with van der Waals surface area (Å²) in [4.78, 5) is 26.1. The molecule has 11 nitrogen and oxygen atoms in total.